The minimum absolute atomic E-state index is 0.124. The first-order valence-corrected chi connectivity index (χ1v) is 5.41. The number of rotatable bonds is 6. The van der Waals surface area contributed by atoms with E-state index < -0.39 is 5.91 Å². The van der Waals surface area contributed by atoms with Crippen LogP contribution >= 0.6 is 0 Å². The first kappa shape index (κ1) is 12.5. The molecular formula is C12H17NO3. The summed E-state index contributed by atoms with van der Waals surface area (Å²) in [5, 5.41) is 8.46. The molecule has 0 heterocycles. The predicted octanol–water partition coefficient (Wildman–Crippen LogP) is 1.91. The molecule has 0 aliphatic heterocycles. The van der Waals surface area contributed by atoms with Gasteiger partial charge in [0.05, 0.1) is 13.0 Å². The van der Waals surface area contributed by atoms with Gasteiger partial charge < -0.3 is 4.74 Å². The van der Waals surface area contributed by atoms with Gasteiger partial charge in [0, 0.05) is 5.56 Å². The first-order chi connectivity index (χ1) is 7.77. The summed E-state index contributed by atoms with van der Waals surface area (Å²) in [6.45, 7) is 2.74. The average molecular weight is 223 g/mol. The van der Waals surface area contributed by atoms with Gasteiger partial charge in [-0.15, -0.1) is 0 Å². The molecule has 4 nitrogen and oxygen atoms in total. The molecule has 2 N–H and O–H groups in total. The van der Waals surface area contributed by atoms with Gasteiger partial charge in [0.15, 0.2) is 0 Å². The number of nitrogens with one attached hydrogen (secondary N) is 1. The SMILES string of the molecule is CCCCOc1ccccc1CC(=O)NO. The minimum Gasteiger partial charge on any atom is -0.493 e. The molecule has 0 aliphatic rings. The van der Waals surface area contributed by atoms with E-state index in [0.29, 0.717) is 12.4 Å². The highest BCUT2D eigenvalue weighted by Crippen LogP contribution is 2.18. The van der Waals surface area contributed by atoms with Crippen LogP contribution in [0.4, 0.5) is 0 Å². The molecule has 0 radical (unpaired) electrons. The lowest BCUT2D eigenvalue weighted by atomic mass is 10.1. The molecule has 0 saturated carbocycles. The van der Waals surface area contributed by atoms with Crippen molar-refractivity contribution in [2.45, 2.75) is 26.2 Å². The molecule has 88 valence electrons. The number of amides is 1. The maximum atomic E-state index is 11.0. The van der Waals surface area contributed by atoms with Gasteiger partial charge in [-0.3, -0.25) is 10.0 Å². The van der Waals surface area contributed by atoms with E-state index in [4.69, 9.17) is 9.94 Å². The summed E-state index contributed by atoms with van der Waals surface area (Å²) < 4.78 is 5.56. The van der Waals surface area contributed by atoms with Crippen LogP contribution in [0.15, 0.2) is 24.3 Å². The van der Waals surface area contributed by atoms with E-state index in [9.17, 15) is 4.79 Å². The Hall–Kier alpha value is -1.55. The fourth-order valence-corrected chi connectivity index (χ4v) is 1.33. The second-order valence-corrected chi connectivity index (χ2v) is 3.52. The third kappa shape index (κ3) is 3.90. The molecule has 0 spiro atoms. The summed E-state index contributed by atoms with van der Waals surface area (Å²) >= 11 is 0. The Bertz CT molecular complexity index is 339. The fraction of sp³-hybridized carbons (Fsp3) is 0.417. The van der Waals surface area contributed by atoms with E-state index in [-0.39, 0.29) is 6.42 Å². The van der Waals surface area contributed by atoms with Gasteiger partial charge in [-0.25, -0.2) is 5.48 Å². The number of hydrogen-bond donors (Lipinski definition) is 2. The van der Waals surface area contributed by atoms with Crippen LogP contribution in [0.1, 0.15) is 25.3 Å². The normalized spacial score (nSPS) is 9.88. The van der Waals surface area contributed by atoms with Crippen molar-refractivity contribution in [2.75, 3.05) is 6.61 Å². The minimum atomic E-state index is -0.438. The fourth-order valence-electron chi connectivity index (χ4n) is 1.33. The van der Waals surface area contributed by atoms with Crippen molar-refractivity contribution in [2.24, 2.45) is 0 Å². The molecule has 0 aliphatic carbocycles. The lowest BCUT2D eigenvalue weighted by molar-refractivity contribution is -0.128. The third-order valence-corrected chi connectivity index (χ3v) is 2.20. The highest BCUT2D eigenvalue weighted by Gasteiger charge is 2.07. The zero-order chi connectivity index (χ0) is 11.8. The van der Waals surface area contributed by atoms with Crippen LogP contribution in [0.5, 0.6) is 5.75 Å². The molecule has 4 heteroatoms. The summed E-state index contributed by atoms with van der Waals surface area (Å²) in [7, 11) is 0. The van der Waals surface area contributed by atoms with Crippen molar-refractivity contribution < 1.29 is 14.7 Å². The van der Waals surface area contributed by atoms with Crippen LogP contribution in [0.25, 0.3) is 0 Å². The molecule has 1 aromatic rings. The first-order valence-electron chi connectivity index (χ1n) is 5.41. The summed E-state index contributed by atoms with van der Waals surface area (Å²) in [6, 6.07) is 7.35. The van der Waals surface area contributed by atoms with E-state index in [2.05, 4.69) is 6.92 Å². The van der Waals surface area contributed by atoms with Gasteiger partial charge in [-0.05, 0) is 12.5 Å². The Morgan fingerprint density at radius 3 is 2.88 bits per heavy atom. The molecule has 16 heavy (non-hydrogen) atoms. The summed E-state index contributed by atoms with van der Waals surface area (Å²) in [5.74, 6) is 0.270. The quantitative estimate of drug-likeness (QED) is 0.440. The lowest BCUT2D eigenvalue weighted by Gasteiger charge is -2.10. The number of benzene rings is 1. The van der Waals surface area contributed by atoms with Gasteiger partial charge in [-0.1, -0.05) is 31.5 Å². The number of ether oxygens (including phenoxy) is 1. The lowest BCUT2D eigenvalue weighted by Crippen LogP contribution is -2.21. The Kier molecular flexibility index (Phi) is 5.36. The van der Waals surface area contributed by atoms with Crippen molar-refractivity contribution in [3.63, 3.8) is 0 Å². The van der Waals surface area contributed by atoms with Crippen LogP contribution < -0.4 is 10.2 Å². The van der Waals surface area contributed by atoms with Gasteiger partial charge in [0.1, 0.15) is 5.75 Å². The van der Waals surface area contributed by atoms with Gasteiger partial charge in [0.2, 0.25) is 5.91 Å². The van der Waals surface area contributed by atoms with Crippen LogP contribution in [-0.4, -0.2) is 17.7 Å². The number of unbranched alkanes of at least 4 members (excludes halogenated alkanes) is 1. The monoisotopic (exact) mass is 223 g/mol. The van der Waals surface area contributed by atoms with E-state index in [1.54, 1.807) is 5.48 Å². The molecule has 0 atom stereocenters. The number of hydroxylamine groups is 1. The van der Waals surface area contributed by atoms with E-state index >= 15 is 0 Å². The molecule has 0 saturated heterocycles. The predicted molar refractivity (Wildman–Crippen MR) is 60.5 cm³/mol. The largest absolute Gasteiger partial charge is 0.493 e. The van der Waals surface area contributed by atoms with Gasteiger partial charge in [-0.2, -0.15) is 0 Å². The smallest absolute Gasteiger partial charge is 0.247 e. The summed E-state index contributed by atoms with van der Waals surface area (Å²) in [4.78, 5) is 11.0. The molecule has 0 unspecified atom stereocenters. The Morgan fingerprint density at radius 1 is 1.44 bits per heavy atom. The molecule has 1 amide bonds. The summed E-state index contributed by atoms with van der Waals surface area (Å²) in [5.41, 5.74) is 2.40. The Balaban J connectivity index is 2.63. The van der Waals surface area contributed by atoms with Crippen LogP contribution in [0.2, 0.25) is 0 Å². The summed E-state index contributed by atoms with van der Waals surface area (Å²) in [6.07, 6.45) is 2.18. The zero-order valence-corrected chi connectivity index (χ0v) is 9.40. The average Bonchev–Trinajstić information content (AvgIpc) is 2.31. The Morgan fingerprint density at radius 2 is 2.19 bits per heavy atom. The van der Waals surface area contributed by atoms with Crippen molar-refractivity contribution in [3.8, 4) is 5.75 Å². The van der Waals surface area contributed by atoms with Crippen molar-refractivity contribution >= 4 is 5.91 Å². The standard InChI is InChI=1S/C12H17NO3/c1-2-3-8-16-11-7-5-4-6-10(11)9-12(14)13-15/h4-7,15H,2-3,8-9H2,1H3,(H,13,14). The van der Waals surface area contributed by atoms with E-state index in [1.165, 1.54) is 0 Å². The molecule has 0 aromatic heterocycles. The highest BCUT2D eigenvalue weighted by molar-refractivity contribution is 5.78. The van der Waals surface area contributed by atoms with Gasteiger partial charge in [0.25, 0.3) is 0 Å². The highest BCUT2D eigenvalue weighted by atomic mass is 16.5. The maximum absolute atomic E-state index is 11.0. The molecule has 1 aromatic carbocycles. The van der Waals surface area contributed by atoms with E-state index in [0.717, 1.165) is 18.4 Å². The van der Waals surface area contributed by atoms with Crippen LogP contribution in [0.3, 0.4) is 0 Å². The maximum Gasteiger partial charge on any atom is 0.247 e. The van der Waals surface area contributed by atoms with Gasteiger partial charge >= 0.3 is 0 Å². The van der Waals surface area contributed by atoms with E-state index in [1.807, 2.05) is 24.3 Å². The molecule has 0 fully saturated rings. The number of hydrogen-bond acceptors (Lipinski definition) is 3. The number of carbonyl (C=O) groups is 1. The van der Waals surface area contributed by atoms with Crippen molar-refractivity contribution in [1.82, 2.24) is 5.48 Å². The molecular weight excluding hydrogens is 206 g/mol. The van der Waals surface area contributed by atoms with Crippen molar-refractivity contribution in [3.05, 3.63) is 29.8 Å². The van der Waals surface area contributed by atoms with Crippen molar-refractivity contribution in [1.29, 1.82) is 0 Å². The third-order valence-electron chi connectivity index (χ3n) is 2.20. The topological polar surface area (TPSA) is 58.6 Å². The number of carbonyl (C=O) groups excluding carboxylic acids is 1. The van der Waals surface area contributed by atoms with Crippen LogP contribution in [0, 0.1) is 0 Å². The second kappa shape index (κ2) is 6.85. The van der Waals surface area contributed by atoms with Crippen LogP contribution in [-0.2, 0) is 11.2 Å². The molecule has 1 rings (SSSR count). The Labute approximate surface area is 95.2 Å². The zero-order valence-electron chi connectivity index (χ0n) is 9.40. The second-order valence-electron chi connectivity index (χ2n) is 3.52. The molecule has 0 bridgehead atoms. The number of para-hydroxylation sites is 1.